The van der Waals surface area contributed by atoms with Gasteiger partial charge in [-0.25, -0.2) is 0 Å². The van der Waals surface area contributed by atoms with Crippen molar-refractivity contribution in [1.29, 1.82) is 0 Å². The SMILES string of the molecule is Cc1c2c(c(C)c3c1C(C)(C)c1cc(N(c4ccc(Br)cc4)c4ccc(C(C)(C)C)cc4)ccc1-3)C(C)(C)c1cc(N(c3ccc(Br)cc3)c3ccc(C(C)(C)C)cc3)ccc1-2. The van der Waals surface area contributed by atoms with E-state index in [2.05, 4.69) is 258 Å². The summed E-state index contributed by atoms with van der Waals surface area (Å²) in [5.74, 6) is 0. The van der Waals surface area contributed by atoms with Gasteiger partial charge in [-0.3, -0.25) is 0 Å². The minimum atomic E-state index is -0.212. The molecule has 0 saturated carbocycles. The van der Waals surface area contributed by atoms with Crippen molar-refractivity contribution >= 4 is 66.0 Å². The van der Waals surface area contributed by atoms with Crippen molar-refractivity contribution < 1.29 is 0 Å². The Kier molecular flexibility index (Phi) is 10.2. The van der Waals surface area contributed by atoms with E-state index in [-0.39, 0.29) is 21.7 Å². The van der Waals surface area contributed by atoms with Gasteiger partial charge in [0.25, 0.3) is 0 Å². The Hall–Kier alpha value is -4.90. The molecule has 7 aromatic carbocycles. The Morgan fingerprint density at radius 2 is 0.661 bits per heavy atom. The molecule has 0 radical (unpaired) electrons. The molecule has 2 nitrogen and oxygen atoms in total. The lowest BCUT2D eigenvalue weighted by atomic mass is 9.74. The topological polar surface area (TPSA) is 6.48 Å². The first-order valence-electron chi connectivity index (χ1n) is 22.0. The van der Waals surface area contributed by atoms with Crippen LogP contribution in [-0.4, -0.2) is 0 Å². The Balaban J connectivity index is 1.16. The molecule has 0 N–H and O–H groups in total. The van der Waals surface area contributed by atoms with Gasteiger partial charge in [0.1, 0.15) is 0 Å². The van der Waals surface area contributed by atoms with Crippen LogP contribution in [0.25, 0.3) is 22.3 Å². The molecule has 0 aliphatic heterocycles. The number of rotatable bonds is 6. The van der Waals surface area contributed by atoms with Crippen LogP contribution in [0.3, 0.4) is 0 Å². The normalized spacial score (nSPS) is 14.5. The fourth-order valence-electron chi connectivity index (χ4n) is 10.6. The molecule has 0 unspecified atom stereocenters. The van der Waals surface area contributed by atoms with Gasteiger partial charge in [0.05, 0.1) is 0 Å². The van der Waals surface area contributed by atoms with Crippen LogP contribution in [0.1, 0.15) is 114 Å². The number of hydrogen-bond acceptors (Lipinski definition) is 2. The summed E-state index contributed by atoms with van der Waals surface area (Å²) < 4.78 is 2.14. The van der Waals surface area contributed by atoms with Crippen LogP contribution in [0.5, 0.6) is 0 Å². The molecule has 0 spiro atoms. The molecule has 314 valence electrons. The van der Waals surface area contributed by atoms with Gasteiger partial charge >= 0.3 is 0 Å². The number of nitrogens with zero attached hydrogens (tertiary/aromatic N) is 2. The third kappa shape index (κ3) is 6.88. The van der Waals surface area contributed by atoms with Crippen molar-refractivity contribution in [2.45, 2.75) is 105 Å². The summed E-state index contributed by atoms with van der Waals surface area (Å²) in [4.78, 5) is 4.82. The summed E-state index contributed by atoms with van der Waals surface area (Å²) in [5, 5.41) is 0. The Labute approximate surface area is 387 Å². The van der Waals surface area contributed by atoms with Gasteiger partial charge in [-0.05, 0) is 189 Å². The van der Waals surface area contributed by atoms with Crippen LogP contribution in [-0.2, 0) is 21.7 Å². The van der Waals surface area contributed by atoms with E-state index in [1.165, 1.54) is 78.1 Å². The third-order valence-corrected chi connectivity index (χ3v) is 14.9. The van der Waals surface area contributed by atoms with Gasteiger partial charge in [0.2, 0.25) is 0 Å². The van der Waals surface area contributed by atoms with Gasteiger partial charge < -0.3 is 9.80 Å². The number of halogens is 2. The molecule has 62 heavy (non-hydrogen) atoms. The molecule has 0 bridgehead atoms. The average Bonchev–Trinajstić information content (AvgIpc) is 3.61. The van der Waals surface area contributed by atoms with E-state index in [1.807, 2.05) is 0 Å². The van der Waals surface area contributed by atoms with Crippen molar-refractivity contribution in [2.75, 3.05) is 9.80 Å². The number of fused-ring (bicyclic) bond motifs is 6. The molecule has 9 rings (SSSR count). The maximum Gasteiger partial charge on any atom is 0.0465 e. The van der Waals surface area contributed by atoms with Gasteiger partial charge in [-0.2, -0.15) is 0 Å². The maximum absolute atomic E-state index is 3.68. The molecular weight excluding hydrogens is 884 g/mol. The molecule has 4 heteroatoms. The fraction of sp³-hybridized carbons (Fsp3) is 0.276. The van der Waals surface area contributed by atoms with Crippen LogP contribution in [0.15, 0.2) is 142 Å². The van der Waals surface area contributed by atoms with Crippen LogP contribution in [0.4, 0.5) is 34.1 Å². The van der Waals surface area contributed by atoms with Gasteiger partial charge in [0, 0.05) is 53.9 Å². The number of anilines is 6. The first kappa shape index (κ1) is 42.4. The summed E-state index contributed by atoms with van der Waals surface area (Å²) in [5.41, 5.74) is 23.3. The van der Waals surface area contributed by atoms with Gasteiger partial charge in [-0.15, -0.1) is 0 Å². The summed E-state index contributed by atoms with van der Waals surface area (Å²) in [6.07, 6.45) is 0. The van der Waals surface area contributed by atoms with Gasteiger partial charge in [0.15, 0.2) is 0 Å². The molecule has 0 atom stereocenters. The Morgan fingerprint density at radius 3 is 0.952 bits per heavy atom. The zero-order chi connectivity index (χ0) is 44.3. The maximum atomic E-state index is 3.68. The predicted octanol–water partition coefficient (Wildman–Crippen LogP) is 18.0. The lowest BCUT2D eigenvalue weighted by Gasteiger charge is -2.30. The zero-order valence-corrected chi connectivity index (χ0v) is 41.5. The average molecular weight is 943 g/mol. The number of benzene rings is 7. The standard InChI is InChI=1S/C58H58Br2N2/c1-35-51-47-31-29-45(61(43-25-17-39(59)18-26-43)41-21-13-37(14-22-41)55(3,4)5)33-49(47)58(11,12)54(51)36(2)52-48-32-30-46(34-50(48)57(9,10)53(35)52)62(44-27-19-40(60)20-28-44)42-23-15-38(16-24-42)56(6,7)8/h13-34H,1-12H3. The highest BCUT2D eigenvalue weighted by molar-refractivity contribution is 9.10. The quantitative estimate of drug-likeness (QED) is 0.164. The third-order valence-electron chi connectivity index (χ3n) is 13.8. The summed E-state index contributed by atoms with van der Waals surface area (Å²) in [6.45, 7) is 28.2. The van der Waals surface area contributed by atoms with E-state index >= 15 is 0 Å². The van der Waals surface area contributed by atoms with Crippen molar-refractivity contribution in [3.8, 4) is 22.3 Å². The minimum absolute atomic E-state index is 0.0803. The molecule has 7 aromatic rings. The lowest BCUT2D eigenvalue weighted by Crippen LogP contribution is -2.20. The second-order valence-corrected chi connectivity index (χ2v) is 22.5. The first-order chi connectivity index (χ1) is 29.2. The highest BCUT2D eigenvalue weighted by Gasteiger charge is 2.46. The van der Waals surface area contributed by atoms with Crippen molar-refractivity contribution in [2.24, 2.45) is 0 Å². The summed E-state index contributed by atoms with van der Waals surface area (Å²) in [6, 6.07) is 50.0. The summed E-state index contributed by atoms with van der Waals surface area (Å²) in [7, 11) is 0. The highest BCUT2D eigenvalue weighted by atomic mass is 79.9. The number of hydrogen-bond donors (Lipinski definition) is 0. The van der Waals surface area contributed by atoms with E-state index in [0.29, 0.717) is 0 Å². The fourth-order valence-corrected chi connectivity index (χ4v) is 11.1. The predicted molar refractivity (Wildman–Crippen MR) is 273 cm³/mol. The van der Waals surface area contributed by atoms with Crippen LogP contribution in [0, 0.1) is 13.8 Å². The van der Waals surface area contributed by atoms with Crippen molar-refractivity contribution in [3.05, 3.63) is 187 Å². The van der Waals surface area contributed by atoms with E-state index < -0.39 is 0 Å². The first-order valence-corrected chi connectivity index (χ1v) is 23.6. The molecule has 0 fully saturated rings. The lowest BCUT2D eigenvalue weighted by molar-refractivity contribution is 0.590. The summed E-state index contributed by atoms with van der Waals surface area (Å²) >= 11 is 7.36. The Bertz CT molecular complexity index is 2670. The molecule has 0 saturated heterocycles. The van der Waals surface area contributed by atoms with Gasteiger partial charge in [-0.1, -0.05) is 137 Å². The van der Waals surface area contributed by atoms with E-state index in [4.69, 9.17) is 0 Å². The molecular formula is C58H58Br2N2. The molecule has 0 heterocycles. The van der Waals surface area contributed by atoms with E-state index in [9.17, 15) is 0 Å². The molecule has 2 aliphatic rings. The van der Waals surface area contributed by atoms with Crippen molar-refractivity contribution in [1.82, 2.24) is 0 Å². The molecule has 0 amide bonds. The zero-order valence-electron chi connectivity index (χ0n) is 38.4. The van der Waals surface area contributed by atoms with E-state index in [1.54, 1.807) is 0 Å². The largest absolute Gasteiger partial charge is 0.310 e. The smallest absolute Gasteiger partial charge is 0.0465 e. The highest BCUT2D eigenvalue weighted by Crippen LogP contribution is 2.61. The molecule has 2 aliphatic carbocycles. The molecule has 0 aromatic heterocycles. The van der Waals surface area contributed by atoms with Crippen molar-refractivity contribution in [3.63, 3.8) is 0 Å². The monoisotopic (exact) mass is 940 g/mol. The minimum Gasteiger partial charge on any atom is -0.310 e. The second kappa shape index (κ2) is 14.8. The van der Waals surface area contributed by atoms with Crippen LogP contribution < -0.4 is 9.80 Å². The second-order valence-electron chi connectivity index (χ2n) is 20.7. The van der Waals surface area contributed by atoms with E-state index in [0.717, 1.165) is 31.7 Å². The Morgan fingerprint density at radius 1 is 0.387 bits per heavy atom. The van der Waals surface area contributed by atoms with Crippen LogP contribution in [0.2, 0.25) is 0 Å². The van der Waals surface area contributed by atoms with Crippen LogP contribution >= 0.6 is 31.9 Å².